The Hall–Kier alpha value is -1.76. The van der Waals surface area contributed by atoms with Crippen molar-refractivity contribution in [2.24, 2.45) is 0 Å². The van der Waals surface area contributed by atoms with E-state index >= 15 is 0 Å². The molecule has 0 aromatic heterocycles. The Balaban J connectivity index is 0.00000105. The Morgan fingerprint density at radius 2 is 1.65 bits per heavy atom. The molecule has 2 rings (SSSR count). The van der Waals surface area contributed by atoms with Crippen LogP contribution < -0.4 is 4.74 Å². The smallest absolute Gasteiger partial charge is 0.122 e. The van der Waals surface area contributed by atoms with Gasteiger partial charge in [-0.25, -0.2) is 0 Å². The standard InChI is InChI=1S/C22H30O.C3H8/c1-6-8-9-18-11-13-19(7-2)21(14-18)17(4)20-12-10-16(3)22(15-20)23-5;1-3-2/h10-15,17H,6-9H2,1-5H3;3H2,1-2H3. The fourth-order valence-corrected chi connectivity index (χ4v) is 3.19. The van der Waals surface area contributed by atoms with Crippen molar-refractivity contribution in [2.45, 2.75) is 79.6 Å². The monoisotopic (exact) mass is 354 g/mol. The van der Waals surface area contributed by atoms with Crippen molar-refractivity contribution in [3.05, 3.63) is 64.2 Å². The lowest BCUT2D eigenvalue weighted by molar-refractivity contribution is 0.411. The average Bonchev–Trinajstić information content (AvgIpc) is 2.66. The van der Waals surface area contributed by atoms with E-state index in [0.29, 0.717) is 5.92 Å². The molecule has 1 atom stereocenters. The summed E-state index contributed by atoms with van der Waals surface area (Å²) in [5.41, 5.74) is 6.90. The van der Waals surface area contributed by atoms with Crippen molar-refractivity contribution in [3.8, 4) is 5.75 Å². The number of hydrogen-bond acceptors (Lipinski definition) is 1. The number of rotatable bonds is 7. The van der Waals surface area contributed by atoms with E-state index in [2.05, 4.69) is 77.9 Å². The van der Waals surface area contributed by atoms with Gasteiger partial charge in [0.05, 0.1) is 7.11 Å². The quantitative estimate of drug-likeness (QED) is 0.501. The van der Waals surface area contributed by atoms with Crippen LogP contribution in [-0.2, 0) is 12.8 Å². The van der Waals surface area contributed by atoms with Gasteiger partial charge in [0.2, 0.25) is 0 Å². The fraction of sp³-hybridized carbons (Fsp3) is 0.520. The number of methoxy groups -OCH3 is 1. The van der Waals surface area contributed by atoms with Crippen LogP contribution in [0.5, 0.6) is 5.75 Å². The van der Waals surface area contributed by atoms with Crippen molar-refractivity contribution < 1.29 is 4.74 Å². The minimum Gasteiger partial charge on any atom is -0.496 e. The Labute approximate surface area is 161 Å². The zero-order valence-corrected chi connectivity index (χ0v) is 18.0. The lowest BCUT2D eigenvalue weighted by Gasteiger charge is -2.19. The molecule has 0 bridgehead atoms. The van der Waals surface area contributed by atoms with E-state index in [1.54, 1.807) is 7.11 Å². The Morgan fingerprint density at radius 3 is 2.23 bits per heavy atom. The molecule has 1 heteroatoms. The van der Waals surface area contributed by atoms with Gasteiger partial charge >= 0.3 is 0 Å². The third kappa shape index (κ3) is 6.20. The summed E-state index contributed by atoms with van der Waals surface area (Å²) >= 11 is 0. The fourth-order valence-electron chi connectivity index (χ4n) is 3.19. The van der Waals surface area contributed by atoms with Gasteiger partial charge < -0.3 is 4.74 Å². The molecule has 0 spiro atoms. The molecule has 0 heterocycles. The summed E-state index contributed by atoms with van der Waals surface area (Å²) in [4.78, 5) is 0. The molecular formula is C25H38O. The first-order valence-electron chi connectivity index (χ1n) is 10.3. The van der Waals surface area contributed by atoms with Crippen LogP contribution in [-0.4, -0.2) is 7.11 Å². The minimum atomic E-state index is 0.390. The van der Waals surface area contributed by atoms with Crippen LogP contribution in [0.4, 0.5) is 0 Å². The first-order chi connectivity index (χ1) is 12.5. The average molecular weight is 355 g/mol. The maximum atomic E-state index is 5.51. The molecule has 0 fully saturated rings. The Morgan fingerprint density at radius 1 is 0.962 bits per heavy atom. The number of unbranched alkanes of at least 4 members (excludes halogenated alkanes) is 1. The normalized spacial score (nSPS) is 11.5. The highest BCUT2D eigenvalue weighted by Gasteiger charge is 2.14. The van der Waals surface area contributed by atoms with Crippen LogP contribution >= 0.6 is 0 Å². The molecule has 2 aromatic carbocycles. The lowest BCUT2D eigenvalue weighted by Crippen LogP contribution is -2.03. The third-order valence-corrected chi connectivity index (χ3v) is 4.81. The molecule has 0 saturated heterocycles. The first kappa shape index (κ1) is 22.3. The molecule has 0 amide bonds. The first-order valence-corrected chi connectivity index (χ1v) is 10.3. The van der Waals surface area contributed by atoms with Crippen LogP contribution in [0, 0.1) is 6.92 Å². The second kappa shape index (κ2) is 11.8. The van der Waals surface area contributed by atoms with E-state index in [0.717, 1.165) is 12.2 Å². The van der Waals surface area contributed by atoms with Gasteiger partial charge in [-0.15, -0.1) is 0 Å². The Kier molecular flexibility index (Phi) is 10.1. The molecular weight excluding hydrogens is 316 g/mol. The van der Waals surface area contributed by atoms with Crippen LogP contribution in [0.3, 0.4) is 0 Å². The number of aryl methyl sites for hydroxylation is 3. The highest BCUT2D eigenvalue weighted by atomic mass is 16.5. The zero-order valence-electron chi connectivity index (χ0n) is 18.0. The highest BCUT2D eigenvalue weighted by Crippen LogP contribution is 2.31. The van der Waals surface area contributed by atoms with Crippen LogP contribution in [0.1, 0.15) is 87.6 Å². The van der Waals surface area contributed by atoms with Gasteiger partial charge in [-0.05, 0) is 60.1 Å². The van der Waals surface area contributed by atoms with Gasteiger partial charge in [0, 0.05) is 5.92 Å². The summed E-state index contributed by atoms with van der Waals surface area (Å²) in [6.45, 7) is 13.1. The van der Waals surface area contributed by atoms with Gasteiger partial charge in [0.25, 0.3) is 0 Å². The zero-order chi connectivity index (χ0) is 19.5. The third-order valence-electron chi connectivity index (χ3n) is 4.81. The van der Waals surface area contributed by atoms with Crippen LogP contribution in [0.25, 0.3) is 0 Å². The van der Waals surface area contributed by atoms with Crippen molar-refractivity contribution in [1.82, 2.24) is 0 Å². The summed E-state index contributed by atoms with van der Waals surface area (Å²) < 4.78 is 5.51. The summed E-state index contributed by atoms with van der Waals surface area (Å²) in [6, 6.07) is 13.6. The van der Waals surface area contributed by atoms with E-state index < -0.39 is 0 Å². The second-order valence-corrected chi connectivity index (χ2v) is 7.15. The van der Waals surface area contributed by atoms with E-state index in [1.165, 1.54) is 53.5 Å². The molecule has 1 nitrogen and oxygen atoms in total. The topological polar surface area (TPSA) is 9.23 Å². The van der Waals surface area contributed by atoms with Gasteiger partial charge in [0.1, 0.15) is 5.75 Å². The molecule has 2 aromatic rings. The predicted molar refractivity (Wildman–Crippen MR) is 116 cm³/mol. The van der Waals surface area contributed by atoms with E-state index in [-0.39, 0.29) is 0 Å². The van der Waals surface area contributed by atoms with Gasteiger partial charge in [-0.1, -0.05) is 77.8 Å². The van der Waals surface area contributed by atoms with Gasteiger partial charge in [0.15, 0.2) is 0 Å². The molecule has 1 unspecified atom stereocenters. The van der Waals surface area contributed by atoms with Crippen molar-refractivity contribution in [2.75, 3.05) is 7.11 Å². The van der Waals surface area contributed by atoms with E-state index in [4.69, 9.17) is 4.74 Å². The van der Waals surface area contributed by atoms with Crippen molar-refractivity contribution >= 4 is 0 Å². The van der Waals surface area contributed by atoms with Crippen LogP contribution in [0.2, 0.25) is 0 Å². The highest BCUT2D eigenvalue weighted by molar-refractivity contribution is 5.44. The summed E-state index contributed by atoms with van der Waals surface area (Å²) in [5, 5.41) is 0. The van der Waals surface area contributed by atoms with E-state index in [1.807, 2.05) is 0 Å². The minimum absolute atomic E-state index is 0.390. The molecule has 26 heavy (non-hydrogen) atoms. The predicted octanol–water partition coefficient (Wildman–Crippen LogP) is 7.48. The molecule has 144 valence electrons. The molecule has 0 radical (unpaired) electrons. The summed E-state index contributed by atoms with van der Waals surface area (Å²) in [5.74, 6) is 1.37. The lowest BCUT2D eigenvalue weighted by atomic mass is 9.86. The number of hydrogen-bond donors (Lipinski definition) is 0. The molecule has 0 saturated carbocycles. The van der Waals surface area contributed by atoms with Crippen molar-refractivity contribution in [1.29, 1.82) is 0 Å². The second-order valence-electron chi connectivity index (χ2n) is 7.15. The maximum absolute atomic E-state index is 5.51. The van der Waals surface area contributed by atoms with Crippen molar-refractivity contribution in [3.63, 3.8) is 0 Å². The molecule has 0 N–H and O–H groups in total. The van der Waals surface area contributed by atoms with E-state index in [9.17, 15) is 0 Å². The number of benzene rings is 2. The molecule has 0 aliphatic carbocycles. The Bertz CT molecular complexity index is 657. The molecule has 0 aliphatic heterocycles. The summed E-state index contributed by atoms with van der Waals surface area (Å²) in [6.07, 6.45) is 6.02. The van der Waals surface area contributed by atoms with Crippen LogP contribution in [0.15, 0.2) is 36.4 Å². The molecule has 0 aliphatic rings. The summed E-state index contributed by atoms with van der Waals surface area (Å²) in [7, 11) is 1.75. The van der Waals surface area contributed by atoms with Gasteiger partial charge in [-0.3, -0.25) is 0 Å². The maximum Gasteiger partial charge on any atom is 0.122 e. The SMILES string of the molecule is CCC.CCCCc1ccc(CC)c(C(C)c2ccc(C)c(OC)c2)c1. The number of ether oxygens (including phenoxy) is 1. The van der Waals surface area contributed by atoms with Gasteiger partial charge in [-0.2, -0.15) is 0 Å². The largest absolute Gasteiger partial charge is 0.496 e.